The van der Waals surface area contributed by atoms with E-state index in [1.165, 1.54) is 0 Å². The van der Waals surface area contributed by atoms with E-state index in [0.29, 0.717) is 5.56 Å². The third-order valence-electron chi connectivity index (χ3n) is 2.27. The van der Waals surface area contributed by atoms with Crippen LogP contribution in [0.15, 0.2) is 28.7 Å². The first-order chi connectivity index (χ1) is 8.21. The monoisotopic (exact) mass is 339 g/mol. The zero-order valence-electron chi connectivity index (χ0n) is 10.4. The topological polar surface area (TPSA) is 35.1 Å². The van der Waals surface area contributed by atoms with Crippen LogP contribution in [0.1, 0.15) is 32.4 Å². The summed E-state index contributed by atoms with van der Waals surface area (Å²) in [7, 11) is 0. The third kappa shape index (κ3) is 4.50. The third-order valence-corrected chi connectivity index (χ3v) is 4.38. The van der Waals surface area contributed by atoms with Crippen molar-refractivity contribution in [2.75, 3.05) is 0 Å². The van der Waals surface area contributed by atoms with E-state index in [0.717, 1.165) is 4.47 Å². The van der Waals surface area contributed by atoms with E-state index >= 15 is 0 Å². The first kappa shape index (κ1) is 15.9. The summed E-state index contributed by atoms with van der Waals surface area (Å²) >= 11 is 1.71. The van der Waals surface area contributed by atoms with Gasteiger partial charge >= 0.3 is 0 Å². The van der Waals surface area contributed by atoms with Gasteiger partial charge in [-0.1, -0.05) is 28.1 Å². The summed E-state index contributed by atoms with van der Waals surface area (Å²) in [5.74, 6) is 0. The Kier molecular flexibility index (Phi) is 5.58. The van der Waals surface area contributed by atoms with Crippen molar-refractivity contribution in [1.82, 2.24) is 4.72 Å². The second-order valence-corrected chi connectivity index (χ2v) is 7.78. The Morgan fingerprint density at radius 1 is 1.22 bits per heavy atom. The molecule has 0 fully saturated rings. The van der Waals surface area contributed by atoms with Crippen LogP contribution in [0, 0.1) is 0 Å². The molecule has 2 nitrogen and oxygen atoms in total. The van der Waals surface area contributed by atoms with Gasteiger partial charge in [0.1, 0.15) is 10.8 Å². The van der Waals surface area contributed by atoms with Crippen molar-refractivity contribution in [2.24, 2.45) is 0 Å². The van der Waals surface area contributed by atoms with Crippen molar-refractivity contribution < 1.29 is 13.3 Å². The van der Waals surface area contributed by atoms with Gasteiger partial charge in [-0.25, -0.2) is 8.78 Å². The first-order valence-electron chi connectivity index (χ1n) is 5.43. The number of nitrogens with one attached hydrogen (secondary N) is 1. The molecule has 0 spiro atoms. The van der Waals surface area contributed by atoms with Crippen molar-refractivity contribution >= 4 is 27.3 Å². The Labute approximate surface area is 118 Å². The maximum absolute atomic E-state index is 13.0. The minimum Gasteiger partial charge on any atom is -0.598 e. The van der Waals surface area contributed by atoms with Gasteiger partial charge in [-0.15, -0.1) is 4.72 Å². The van der Waals surface area contributed by atoms with Crippen LogP contribution >= 0.6 is 15.9 Å². The van der Waals surface area contributed by atoms with E-state index in [9.17, 15) is 13.3 Å². The predicted molar refractivity (Wildman–Crippen MR) is 73.9 cm³/mol. The van der Waals surface area contributed by atoms with E-state index in [-0.39, 0.29) is 0 Å². The summed E-state index contributed by atoms with van der Waals surface area (Å²) in [6.45, 7) is 5.21. The average Bonchev–Trinajstić information content (AvgIpc) is 2.25. The van der Waals surface area contributed by atoms with Crippen LogP contribution in [0.2, 0.25) is 0 Å². The lowest BCUT2D eigenvalue weighted by atomic mass is 10.1. The van der Waals surface area contributed by atoms with Crippen LogP contribution in [0.25, 0.3) is 0 Å². The molecular weight excluding hydrogens is 324 g/mol. The van der Waals surface area contributed by atoms with Gasteiger partial charge in [0.2, 0.25) is 0 Å². The molecule has 0 aromatic heterocycles. The van der Waals surface area contributed by atoms with Crippen molar-refractivity contribution in [3.63, 3.8) is 0 Å². The van der Waals surface area contributed by atoms with Gasteiger partial charge in [0.15, 0.2) is 0 Å². The highest BCUT2D eigenvalue weighted by Crippen LogP contribution is 2.26. The summed E-state index contributed by atoms with van der Waals surface area (Å²) in [5, 5.41) is 0. The van der Waals surface area contributed by atoms with Crippen molar-refractivity contribution in [3.05, 3.63) is 34.3 Å². The molecule has 1 N–H and O–H groups in total. The summed E-state index contributed by atoms with van der Waals surface area (Å²) in [6, 6.07) is 5.33. The highest BCUT2D eigenvalue weighted by Gasteiger charge is 2.33. The summed E-state index contributed by atoms with van der Waals surface area (Å²) in [5.41, 5.74) is 0.422. The van der Waals surface area contributed by atoms with E-state index in [4.69, 9.17) is 0 Å². The molecule has 1 rings (SSSR count). The van der Waals surface area contributed by atoms with Gasteiger partial charge in [-0.05, 0) is 38.5 Å². The van der Waals surface area contributed by atoms with E-state index in [1.807, 2.05) is 0 Å². The molecule has 102 valence electrons. The molecule has 0 amide bonds. The lowest BCUT2D eigenvalue weighted by Crippen LogP contribution is -2.43. The first-order valence-corrected chi connectivity index (χ1v) is 7.38. The smallest absolute Gasteiger partial charge is 0.262 e. The van der Waals surface area contributed by atoms with E-state index in [1.54, 1.807) is 45.0 Å². The highest BCUT2D eigenvalue weighted by atomic mass is 79.9. The Bertz CT molecular complexity index is 381. The normalized spacial score (nSPS) is 15.8. The van der Waals surface area contributed by atoms with Crippen LogP contribution in [-0.4, -0.2) is 15.7 Å². The molecule has 0 heterocycles. The van der Waals surface area contributed by atoms with Crippen molar-refractivity contribution in [3.8, 4) is 0 Å². The number of alkyl halides is 2. The molecule has 1 unspecified atom stereocenters. The average molecular weight is 340 g/mol. The number of halogens is 3. The zero-order chi connectivity index (χ0) is 13.9. The summed E-state index contributed by atoms with van der Waals surface area (Å²) < 4.78 is 40.7. The fourth-order valence-corrected chi connectivity index (χ4v) is 2.31. The fourth-order valence-electron chi connectivity index (χ4n) is 1.23. The second kappa shape index (κ2) is 6.32. The molecule has 0 radical (unpaired) electrons. The van der Waals surface area contributed by atoms with Gasteiger partial charge in [-0.2, -0.15) is 0 Å². The van der Waals surface area contributed by atoms with E-state index < -0.39 is 28.6 Å². The van der Waals surface area contributed by atoms with Crippen LogP contribution in [0.3, 0.4) is 0 Å². The van der Waals surface area contributed by atoms with Gasteiger partial charge < -0.3 is 4.55 Å². The van der Waals surface area contributed by atoms with Gasteiger partial charge in [-0.3, -0.25) is 0 Å². The fraction of sp³-hybridized carbons (Fsp3) is 0.500. The zero-order valence-corrected chi connectivity index (χ0v) is 12.8. The highest BCUT2D eigenvalue weighted by molar-refractivity contribution is 9.10. The lowest BCUT2D eigenvalue weighted by Gasteiger charge is -2.27. The minimum absolute atomic E-state index is 0.422. The predicted octanol–water partition coefficient (Wildman–Crippen LogP) is 3.81. The van der Waals surface area contributed by atoms with E-state index in [2.05, 4.69) is 20.7 Å². The molecule has 0 aliphatic heterocycles. The maximum atomic E-state index is 13.0. The number of rotatable bonds is 4. The minimum atomic E-state index is -2.61. The molecule has 1 aromatic rings. The largest absolute Gasteiger partial charge is 0.598 e. The Hall–Kier alpha value is -0.170. The molecule has 0 bridgehead atoms. The maximum Gasteiger partial charge on any atom is 0.262 e. The van der Waals surface area contributed by atoms with Crippen LogP contribution < -0.4 is 4.72 Å². The van der Waals surface area contributed by atoms with Crippen molar-refractivity contribution in [2.45, 2.75) is 38.0 Å². The lowest BCUT2D eigenvalue weighted by molar-refractivity contribution is 0.109. The quantitative estimate of drug-likeness (QED) is 0.846. The molecule has 2 atom stereocenters. The Balaban J connectivity index is 2.87. The van der Waals surface area contributed by atoms with Gasteiger partial charge in [0.05, 0.1) is 0 Å². The molecule has 0 saturated heterocycles. The van der Waals surface area contributed by atoms with Crippen LogP contribution in [-0.2, 0) is 11.4 Å². The number of benzene rings is 1. The molecule has 1 aromatic carbocycles. The standard InChI is InChI=1S/C12H16BrF2NOS/c1-12(2,3)18(17)16-10(11(14)15)8-4-6-9(13)7-5-8/h4-7,10-11,16H,1-3H3/t10?,18-/m1/s1. The second-order valence-electron chi connectivity index (χ2n) is 4.86. The van der Waals surface area contributed by atoms with Crippen molar-refractivity contribution in [1.29, 1.82) is 0 Å². The summed E-state index contributed by atoms with van der Waals surface area (Å²) in [6.07, 6.45) is -2.61. The van der Waals surface area contributed by atoms with Crippen LogP contribution in [0.4, 0.5) is 8.78 Å². The Morgan fingerprint density at radius 2 is 1.72 bits per heavy atom. The number of hydrogen-bond donors (Lipinski definition) is 1. The molecule has 18 heavy (non-hydrogen) atoms. The molecular formula is C12H16BrF2NOS. The SMILES string of the molecule is CC(C)(C)[S@@+]([O-])NC(c1ccc(Br)cc1)C(F)F. The molecule has 0 aliphatic rings. The van der Waals surface area contributed by atoms with Gasteiger partial charge in [0.25, 0.3) is 6.43 Å². The Morgan fingerprint density at radius 3 is 2.11 bits per heavy atom. The molecule has 0 saturated carbocycles. The molecule has 0 aliphatic carbocycles. The van der Waals surface area contributed by atoms with Crippen LogP contribution in [0.5, 0.6) is 0 Å². The summed E-state index contributed by atoms with van der Waals surface area (Å²) in [4.78, 5) is 0. The van der Waals surface area contributed by atoms with Gasteiger partial charge in [0, 0.05) is 15.8 Å². The number of hydrogen-bond acceptors (Lipinski definition) is 2. The molecule has 6 heteroatoms.